The fraction of sp³-hybridized carbons (Fsp3) is 0.381. The molecule has 2 atom stereocenters. The van der Waals surface area contributed by atoms with Crippen molar-refractivity contribution in [2.45, 2.75) is 36.8 Å². The van der Waals surface area contributed by atoms with E-state index in [1.165, 1.54) is 24.3 Å². The first kappa shape index (κ1) is 21.3. The van der Waals surface area contributed by atoms with E-state index in [0.29, 0.717) is 12.3 Å². The number of benzene rings is 2. The Bertz CT molecular complexity index is 894. The van der Waals surface area contributed by atoms with Crippen LogP contribution in [0.3, 0.4) is 0 Å². The highest BCUT2D eigenvalue weighted by molar-refractivity contribution is 7.89. The van der Waals surface area contributed by atoms with Gasteiger partial charge in [-0.15, -0.1) is 0 Å². The minimum atomic E-state index is -3.67. The predicted octanol–water partition coefficient (Wildman–Crippen LogP) is 2.40. The summed E-state index contributed by atoms with van der Waals surface area (Å²) in [4.78, 5) is 12.0. The van der Waals surface area contributed by atoms with Gasteiger partial charge in [-0.1, -0.05) is 30.3 Å². The molecule has 0 bridgehead atoms. The van der Waals surface area contributed by atoms with Crippen molar-refractivity contribution in [3.63, 3.8) is 0 Å². The number of ether oxygens (including phenoxy) is 2. The Balaban J connectivity index is 1.50. The molecule has 1 aliphatic rings. The van der Waals surface area contributed by atoms with Crippen LogP contribution in [-0.4, -0.2) is 40.2 Å². The van der Waals surface area contributed by atoms with E-state index < -0.39 is 10.0 Å². The van der Waals surface area contributed by atoms with Gasteiger partial charge in [0.1, 0.15) is 5.75 Å². The average Bonchev–Trinajstić information content (AvgIpc) is 3.25. The first-order chi connectivity index (χ1) is 13.9. The molecule has 8 heteroatoms. The first-order valence-electron chi connectivity index (χ1n) is 9.62. The maximum Gasteiger partial charge on any atom is 0.258 e. The summed E-state index contributed by atoms with van der Waals surface area (Å²) in [5.41, 5.74) is 0.880. The monoisotopic (exact) mass is 418 g/mol. The summed E-state index contributed by atoms with van der Waals surface area (Å²) in [6, 6.07) is 15.0. The van der Waals surface area contributed by atoms with Gasteiger partial charge in [0.25, 0.3) is 5.91 Å². The zero-order valence-electron chi connectivity index (χ0n) is 16.3. The van der Waals surface area contributed by atoms with Crippen molar-refractivity contribution in [1.29, 1.82) is 0 Å². The number of nitrogens with one attached hydrogen (secondary N) is 2. The lowest BCUT2D eigenvalue weighted by Crippen LogP contribution is -2.35. The van der Waals surface area contributed by atoms with Gasteiger partial charge < -0.3 is 14.8 Å². The summed E-state index contributed by atoms with van der Waals surface area (Å²) in [6.45, 7) is 2.87. The van der Waals surface area contributed by atoms with Crippen LogP contribution in [0.4, 0.5) is 0 Å². The van der Waals surface area contributed by atoms with Gasteiger partial charge in [-0.05, 0) is 49.6 Å². The standard InChI is InChI=1S/C21H26N2O5S/c1-16(17-6-3-2-4-7-17)23-29(25,26)20-11-9-18(10-12-20)28-15-21(24)22-14-19-8-5-13-27-19/h2-4,6-7,9-12,16,19,23H,5,8,13-15H2,1H3,(H,22,24)/t16-,19-/m1/s1. The van der Waals surface area contributed by atoms with Gasteiger partial charge >= 0.3 is 0 Å². The van der Waals surface area contributed by atoms with Gasteiger partial charge in [-0.25, -0.2) is 13.1 Å². The molecule has 2 aromatic carbocycles. The Morgan fingerprint density at radius 2 is 1.90 bits per heavy atom. The number of rotatable bonds is 9. The van der Waals surface area contributed by atoms with Crippen LogP contribution in [0.1, 0.15) is 31.4 Å². The lowest BCUT2D eigenvalue weighted by Gasteiger charge is -2.15. The van der Waals surface area contributed by atoms with Crippen LogP contribution >= 0.6 is 0 Å². The zero-order valence-corrected chi connectivity index (χ0v) is 17.2. The van der Waals surface area contributed by atoms with E-state index in [0.717, 1.165) is 25.0 Å². The van der Waals surface area contributed by atoms with Crippen molar-refractivity contribution in [2.75, 3.05) is 19.8 Å². The van der Waals surface area contributed by atoms with E-state index in [-0.39, 0.29) is 29.6 Å². The van der Waals surface area contributed by atoms with Crippen LogP contribution in [0.2, 0.25) is 0 Å². The normalized spacial score (nSPS) is 17.6. The topological polar surface area (TPSA) is 93.7 Å². The second kappa shape index (κ2) is 9.87. The maximum atomic E-state index is 12.6. The molecule has 2 N–H and O–H groups in total. The third kappa shape index (κ3) is 6.28. The number of hydrogen-bond acceptors (Lipinski definition) is 5. The highest BCUT2D eigenvalue weighted by Gasteiger charge is 2.19. The lowest BCUT2D eigenvalue weighted by molar-refractivity contribution is -0.123. The summed E-state index contributed by atoms with van der Waals surface area (Å²) < 4.78 is 38.7. The predicted molar refractivity (Wildman–Crippen MR) is 109 cm³/mol. The molecule has 0 aliphatic carbocycles. The summed E-state index contributed by atoms with van der Waals surface area (Å²) in [5.74, 6) is 0.183. The second-order valence-electron chi connectivity index (χ2n) is 6.95. The molecule has 7 nitrogen and oxygen atoms in total. The molecule has 1 aliphatic heterocycles. The summed E-state index contributed by atoms with van der Waals surface area (Å²) in [7, 11) is -3.67. The number of amides is 1. The number of carbonyl (C=O) groups is 1. The lowest BCUT2D eigenvalue weighted by atomic mass is 10.1. The fourth-order valence-corrected chi connectivity index (χ4v) is 4.29. The summed E-state index contributed by atoms with van der Waals surface area (Å²) >= 11 is 0. The Morgan fingerprint density at radius 3 is 2.55 bits per heavy atom. The van der Waals surface area contributed by atoms with Gasteiger partial charge in [-0.3, -0.25) is 4.79 Å². The zero-order chi connectivity index (χ0) is 20.7. The van der Waals surface area contributed by atoms with Crippen LogP contribution < -0.4 is 14.8 Å². The van der Waals surface area contributed by atoms with Crippen LogP contribution in [0.15, 0.2) is 59.5 Å². The molecule has 1 amide bonds. The average molecular weight is 419 g/mol. The molecule has 0 saturated carbocycles. The Kier molecular flexibility index (Phi) is 7.24. The Labute approximate surface area is 171 Å². The molecule has 2 aromatic rings. The Hall–Kier alpha value is -2.42. The van der Waals surface area contributed by atoms with Gasteiger partial charge in [0, 0.05) is 19.2 Å². The van der Waals surface area contributed by atoms with Crippen molar-refractivity contribution in [3.05, 3.63) is 60.2 Å². The molecular weight excluding hydrogens is 392 g/mol. The molecular formula is C21H26N2O5S. The molecule has 0 unspecified atom stereocenters. The number of carbonyl (C=O) groups excluding carboxylic acids is 1. The molecule has 29 heavy (non-hydrogen) atoms. The van der Waals surface area contributed by atoms with Crippen LogP contribution in [0, 0.1) is 0 Å². The van der Waals surface area contributed by atoms with Crippen molar-refractivity contribution in [2.24, 2.45) is 0 Å². The van der Waals surface area contributed by atoms with Gasteiger partial charge in [0.05, 0.1) is 11.0 Å². The molecule has 1 saturated heterocycles. The minimum absolute atomic E-state index is 0.0780. The molecule has 0 radical (unpaired) electrons. The second-order valence-corrected chi connectivity index (χ2v) is 8.67. The molecule has 156 valence electrons. The van der Waals surface area contributed by atoms with Crippen molar-refractivity contribution in [3.8, 4) is 5.75 Å². The highest BCUT2D eigenvalue weighted by atomic mass is 32.2. The quantitative estimate of drug-likeness (QED) is 0.652. The van der Waals surface area contributed by atoms with Gasteiger partial charge in [0.2, 0.25) is 10.0 Å². The number of hydrogen-bond donors (Lipinski definition) is 2. The fourth-order valence-electron chi connectivity index (χ4n) is 3.06. The molecule has 1 heterocycles. The van der Waals surface area contributed by atoms with Gasteiger partial charge in [0.15, 0.2) is 6.61 Å². The molecule has 1 fully saturated rings. The Morgan fingerprint density at radius 1 is 1.17 bits per heavy atom. The summed E-state index contributed by atoms with van der Waals surface area (Å²) in [6.07, 6.45) is 2.05. The molecule has 0 aromatic heterocycles. The van der Waals surface area contributed by atoms with E-state index in [4.69, 9.17) is 9.47 Å². The smallest absolute Gasteiger partial charge is 0.258 e. The molecule has 0 spiro atoms. The van der Waals surface area contributed by atoms with E-state index in [2.05, 4.69) is 10.0 Å². The maximum absolute atomic E-state index is 12.6. The minimum Gasteiger partial charge on any atom is -0.484 e. The summed E-state index contributed by atoms with van der Waals surface area (Å²) in [5, 5.41) is 2.77. The highest BCUT2D eigenvalue weighted by Crippen LogP contribution is 2.19. The number of sulfonamides is 1. The van der Waals surface area contributed by atoms with Crippen molar-refractivity contribution >= 4 is 15.9 Å². The van der Waals surface area contributed by atoms with Crippen LogP contribution in [0.25, 0.3) is 0 Å². The third-order valence-electron chi connectivity index (χ3n) is 4.69. The van der Waals surface area contributed by atoms with E-state index in [1.54, 1.807) is 6.92 Å². The van der Waals surface area contributed by atoms with Crippen LogP contribution in [0.5, 0.6) is 5.75 Å². The van der Waals surface area contributed by atoms with Gasteiger partial charge in [-0.2, -0.15) is 0 Å². The van der Waals surface area contributed by atoms with E-state index in [9.17, 15) is 13.2 Å². The van der Waals surface area contributed by atoms with Crippen molar-refractivity contribution < 1.29 is 22.7 Å². The van der Waals surface area contributed by atoms with Crippen LogP contribution in [-0.2, 0) is 19.6 Å². The SMILES string of the molecule is C[C@@H](NS(=O)(=O)c1ccc(OCC(=O)NC[C@H]2CCCO2)cc1)c1ccccc1. The van der Waals surface area contributed by atoms with Crippen molar-refractivity contribution in [1.82, 2.24) is 10.0 Å². The first-order valence-corrected chi connectivity index (χ1v) is 11.1. The van der Waals surface area contributed by atoms with E-state index >= 15 is 0 Å². The molecule has 3 rings (SSSR count). The van der Waals surface area contributed by atoms with E-state index in [1.807, 2.05) is 30.3 Å². The largest absolute Gasteiger partial charge is 0.484 e. The third-order valence-corrected chi connectivity index (χ3v) is 6.24.